The van der Waals surface area contributed by atoms with E-state index in [9.17, 15) is 9.90 Å². The van der Waals surface area contributed by atoms with Gasteiger partial charge in [0, 0.05) is 30.6 Å². The lowest BCUT2D eigenvalue weighted by atomic mass is 9.81. The zero-order valence-electron chi connectivity index (χ0n) is 14.3. The fraction of sp³-hybridized carbons (Fsp3) is 0.474. The van der Waals surface area contributed by atoms with Gasteiger partial charge in [-0.2, -0.15) is 0 Å². The number of rotatable bonds is 5. The number of carboxylic acid groups (broad SMARTS) is 1. The highest BCUT2D eigenvalue weighted by molar-refractivity contribution is 7.13. The van der Waals surface area contributed by atoms with Gasteiger partial charge in [-0.25, -0.2) is 4.98 Å². The number of ether oxygens (including phenoxy) is 1. The SMILES string of the molecule is COc1ccc(-c2nc(CN3C[C@@H]4CCC[C@@]4(C(=O)O)C3)cs2)cc1. The highest BCUT2D eigenvalue weighted by atomic mass is 32.1. The van der Waals surface area contributed by atoms with Crippen LogP contribution in [0.5, 0.6) is 5.75 Å². The van der Waals surface area contributed by atoms with E-state index in [1.807, 2.05) is 24.3 Å². The predicted octanol–water partition coefficient (Wildman–Crippen LogP) is 3.51. The molecule has 5 nitrogen and oxygen atoms in total. The number of aromatic nitrogens is 1. The van der Waals surface area contributed by atoms with E-state index in [4.69, 9.17) is 9.72 Å². The quantitative estimate of drug-likeness (QED) is 0.886. The monoisotopic (exact) mass is 358 g/mol. The Morgan fingerprint density at radius 3 is 2.92 bits per heavy atom. The lowest BCUT2D eigenvalue weighted by Crippen LogP contribution is -2.35. The molecule has 0 radical (unpaired) electrons. The molecule has 2 aliphatic rings. The standard InChI is InChI=1S/C19H22N2O3S/c1-24-16-6-4-13(5-7-16)17-20-15(11-25-17)10-21-9-14-3-2-8-19(14,12-21)18(22)23/h4-7,11,14H,2-3,8-10,12H2,1H3,(H,22,23)/t14-,19+/m0/s1. The molecule has 1 aliphatic heterocycles. The Hall–Kier alpha value is -1.92. The molecule has 4 rings (SSSR count). The van der Waals surface area contributed by atoms with Gasteiger partial charge in [-0.3, -0.25) is 9.69 Å². The highest BCUT2D eigenvalue weighted by Gasteiger charge is 2.54. The maximum atomic E-state index is 11.8. The van der Waals surface area contributed by atoms with Gasteiger partial charge in [-0.15, -0.1) is 11.3 Å². The molecule has 1 saturated carbocycles. The van der Waals surface area contributed by atoms with Crippen molar-refractivity contribution in [2.24, 2.45) is 11.3 Å². The van der Waals surface area contributed by atoms with Crippen molar-refractivity contribution >= 4 is 17.3 Å². The van der Waals surface area contributed by atoms with Crippen LogP contribution < -0.4 is 4.74 Å². The molecule has 0 bridgehead atoms. The van der Waals surface area contributed by atoms with E-state index in [0.717, 1.165) is 54.4 Å². The van der Waals surface area contributed by atoms with Gasteiger partial charge in [-0.1, -0.05) is 6.42 Å². The fourth-order valence-electron chi connectivity index (χ4n) is 4.34. The van der Waals surface area contributed by atoms with Gasteiger partial charge in [0.2, 0.25) is 0 Å². The molecule has 2 aromatic rings. The average Bonchev–Trinajstić information content (AvgIpc) is 3.29. The minimum absolute atomic E-state index is 0.296. The van der Waals surface area contributed by atoms with E-state index in [2.05, 4.69) is 10.3 Å². The first-order valence-corrected chi connectivity index (χ1v) is 9.53. The first-order chi connectivity index (χ1) is 12.1. The molecule has 2 heterocycles. The van der Waals surface area contributed by atoms with Crippen molar-refractivity contribution in [3.8, 4) is 16.3 Å². The zero-order chi connectivity index (χ0) is 17.4. The zero-order valence-corrected chi connectivity index (χ0v) is 15.1. The van der Waals surface area contributed by atoms with Crippen LogP contribution in [0.4, 0.5) is 0 Å². The maximum absolute atomic E-state index is 11.8. The van der Waals surface area contributed by atoms with E-state index in [-0.39, 0.29) is 0 Å². The molecule has 0 unspecified atom stereocenters. The van der Waals surface area contributed by atoms with Crippen LogP contribution in [0.3, 0.4) is 0 Å². The first kappa shape index (κ1) is 16.5. The van der Waals surface area contributed by atoms with E-state index in [1.165, 1.54) is 0 Å². The van der Waals surface area contributed by atoms with Crippen molar-refractivity contribution in [2.75, 3.05) is 20.2 Å². The predicted molar refractivity (Wildman–Crippen MR) is 96.8 cm³/mol. The van der Waals surface area contributed by atoms with E-state index < -0.39 is 11.4 Å². The van der Waals surface area contributed by atoms with Gasteiger partial charge in [0.1, 0.15) is 10.8 Å². The Balaban J connectivity index is 1.46. The van der Waals surface area contributed by atoms with E-state index in [0.29, 0.717) is 12.5 Å². The number of benzene rings is 1. The number of thiazole rings is 1. The minimum atomic E-state index is -0.616. The number of likely N-dealkylation sites (tertiary alicyclic amines) is 1. The summed E-state index contributed by atoms with van der Waals surface area (Å²) >= 11 is 1.63. The van der Waals surface area contributed by atoms with Crippen molar-refractivity contribution in [3.05, 3.63) is 35.3 Å². The van der Waals surface area contributed by atoms with Crippen LogP contribution in [0.1, 0.15) is 25.0 Å². The molecule has 132 valence electrons. The number of fused-ring (bicyclic) bond motifs is 1. The van der Waals surface area contributed by atoms with Crippen molar-refractivity contribution in [1.29, 1.82) is 0 Å². The Morgan fingerprint density at radius 1 is 1.44 bits per heavy atom. The summed E-state index contributed by atoms with van der Waals surface area (Å²) in [6, 6.07) is 7.91. The van der Waals surface area contributed by atoms with Crippen LogP contribution in [0.25, 0.3) is 10.6 Å². The molecule has 1 aromatic heterocycles. The largest absolute Gasteiger partial charge is 0.497 e. The summed E-state index contributed by atoms with van der Waals surface area (Å²) in [4.78, 5) is 18.8. The second kappa shape index (κ2) is 6.42. The van der Waals surface area contributed by atoms with Gasteiger partial charge < -0.3 is 9.84 Å². The third-order valence-corrected chi connectivity index (χ3v) is 6.58. The summed E-state index contributed by atoms with van der Waals surface area (Å²) in [7, 11) is 1.66. The Bertz CT molecular complexity index is 773. The smallest absolute Gasteiger partial charge is 0.311 e. The Labute approximate surface area is 151 Å². The first-order valence-electron chi connectivity index (χ1n) is 8.65. The third kappa shape index (κ3) is 2.93. The number of hydrogen-bond donors (Lipinski definition) is 1. The molecular weight excluding hydrogens is 336 g/mol. The summed E-state index contributed by atoms with van der Waals surface area (Å²) in [5, 5.41) is 12.8. The van der Waals surface area contributed by atoms with Crippen molar-refractivity contribution in [1.82, 2.24) is 9.88 Å². The van der Waals surface area contributed by atoms with Crippen LogP contribution in [0, 0.1) is 11.3 Å². The highest BCUT2D eigenvalue weighted by Crippen LogP contribution is 2.49. The average molecular weight is 358 g/mol. The Kier molecular flexibility index (Phi) is 4.25. The van der Waals surface area contributed by atoms with Crippen LogP contribution in [-0.4, -0.2) is 41.2 Å². The van der Waals surface area contributed by atoms with E-state index in [1.54, 1.807) is 18.4 Å². The number of aliphatic carboxylic acids is 1. The lowest BCUT2D eigenvalue weighted by molar-refractivity contribution is -0.149. The lowest BCUT2D eigenvalue weighted by Gasteiger charge is -2.23. The number of carboxylic acids is 1. The summed E-state index contributed by atoms with van der Waals surface area (Å²) in [6.45, 7) is 2.27. The third-order valence-electron chi connectivity index (χ3n) is 5.64. The second-order valence-electron chi connectivity index (χ2n) is 7.09. The summed E-state index contributed by atoms with van der Waals surface area (Å²) in [6.07, 6.45) is 2.90. The van der Waals surface area contributed by atoms with Crippen LogP contribution >= 0.6 is 11.3 Å². The minimum Gasteiger partial charge on any atom is -0.497 e. The molecule has 6 heteroatoms. The fourth-order valence-corrected chi connectivity index (χ4v) is 5.16. The Morgan fingerprint density at radius 2 is 2.24 bits per heavy atom. The summed E-state index contributed by atoms with van der Waals surface area (Å²) in [5.74, 6) is 0.516. The summed E-state index contributed by atoms with van der Waals surface area (Å²) < 4.78 is 5.19. The van der Waals surface area contributed by atoms with Crippen molar-refractivity contribution in [2.45, 2.75) is 25.8 Å². The summed E-state index contributed by atoms with van der Waals surface area (Å²) in [5.41, 5.74) is 1.59. The van der Waals surface area contributed by atoms with E-state index >= 15 is 0 Å². The second-order valence-corrected chi connectivity index (χ2v) is 7.95. The van der Waals surface area contributed by atoms with Gasteiger partial charge in [0.25, 0.3) is 0 Å². The van der Waals surface area contributed by atoms with Crippen LogP contribution in [-0.2, 0) is 11.3 Å². The maximum Gasteiger partial charge on any atom is 0.311 e. The molecule has 2 atom stereocenters. The van der Waals surface area contributed by atoms with Gasteiger partial charge >= 0.3 is 5.97 Å². The number of methoxy groups -OCH3 is 1. The normalized spacial score (nSPS) is 25.9. The molecule has 1 aliphatic carbocycles. The van der Waals surface area contributed by atoms with Crippen molar-refractivity contribution < 1.29 is 14.6 Å². The number of nitrogens with zero attached hydrogens (tertiary/aromatic N) is 2. The number of hydrogen-bond acceptors (Lipinski definition) is 5. The van der Waals surface area contributed by atoms with Gasteiger partial charge in [-0.05, 0) is 43.0 Å². The molecule has 1 aromatic carbocycles. The molecule has 25 heavy (non-hydrogen) atoms. The molecule has 1 saturated heterocycles. The van der Waals surface area contributed by atoms with Crippen LogP contribution in [0.15, 0.2) is 29.6 Å². The molecule has 2 fully saturated rings. The molecule has 0 spiro atoms. The van der Waals surface area contributed by atoms with Crippen LogP contribution in [0.2, 0.25) is 0 Å². The molecule has 0 amide bonds. The molecule has 1 N–H and O–H groups in total. The van der Waals surface area contributed by atoms with Crippen molar-refractivity contribution in [3.63, 3.8) is 0 Å². The number of carbonyl (C=O) groups is 1. The van der Waals surface area contributed by atoms with Gasteiger partial charge in [0.05, 0.1) is 18.2 Å². The van der Waals surface area contributed by atoms with Gasteiger partial charge in [0.15, 0.2) is 0 Å². The molecular formula is C19H22N2O3S. The topological polar surface area (TPSA) is 62.7 Å².